The highest BCUT2D eigenvalue weighted by Gasteiger charge is 2.58. The Balaban J connectivity index is 1.67. The fraction of sp³-hybridized carbons (Fsp3) is 0.391. The first kappa shape index (κ1) is 22.6. The molecule has 9 heteroatoms. The Bertz CT molecular complexity index is 1080. The molecule has 2 saturated heterocycles. The van der Waals surface area contributed by atoms with Crippen molar-refractivity contribution < 1.29 is 23.5 Å². The van der Waals surface area contributed by atoms with E-state index in [1.807, 2.05) is 0 Å². The zero-order valence-corrected chi connectivity index (χ0v) is 18.5. The van der Waals surface area contributed by atoms with Crippen LogP contribution >= 0.6 is 11.6 Å². The molecule has 0 aliphatic carbocycles. The predicted molar refractivity (Wildman–Crippen MR) is 116 cm³/mol. The summed E-state index contributed by atoms with van der Waals surface area (Å²) in [5.41, 5.74) is 0.0183. The highest BCUT2D eigenvalue weighted by Crippen LogP contribution is 2.42. The fourth-order valence-corrected chi connectivity index (χ4v) is 4.81. The average molecular weight is 464 g/mol. The molecule has 170 valence electrons. The molecule has 2 aromatic rings. The number of aliphatic hydroxyl groups excluding tert-OH is 1. The lowest BCUT2D eigenvalue weighted by Crippen LogP contribution is -2.70. The normalized spacial score (nSPS) is 25.7. The van der Waals surface area contributed by atoms with E-state index in [9.17, 15) is 23.5 Å². The Hall–Kier alpha value is -2.55. The van der Waals surface area contributed by atoms with Crippen molar-refractivity contribution in [1.29, 1.82) is 0 Å². The fourth-order valence-electron chi connectivity index (χ4n) is 4.65. The molecule has 2 amide bonds. The van der Waals surface area contributed by atoms with E-state index in [0.29, 0.717) is 24.1 Å². The Morgan fingerprint density at radius 3 is 2.75 bits per heavy atom. The Kier molecular flexibility index (Phi) is 5.96. The predicted octanol–water partition coefficient (Wildman–Crippen LogP) is 3.65. The number of aliphatic hydroxyl groups is 1. The number of nitrogens with one attached hydrogen (secondary N) is 1. The van der Waals surface area contributed by atoms with Crippen LogP contribution in [0, 0.1) is 24.5 Å². The zero-order valence-electron chi connectivity index (χ0n) is 17.7. The van der Waals surface area contributed by atoms with Crippen LogP contribution in [0.25, 0.3) is 0 Å². The van der Waals surface area contributed by atoms with Crippen LogP contribution < -0.4 is 5.32 Å². The van der Waals surface area contributed by atoms with Crippen LogP contribution in [0.3, 0.4) is 0 Å². The van der Waals surface area contributed by atoms with Gasteiger partial charge in [-0.1, -0.05) is 23.7 Å². The van der Waals surface area contributed by atoms with Crippen molar-refractivity contribution >= 4 is 29.1 Å². The van der Waals surface area contributed by atoms with Gasteiger partial charge in [0.1, 0.15) is 17.6 Å². The maximum absolute atomic E-state index is 14.2. The van der Waals surface area contributed by atoms with E-state index in [1.165, 1.54) is 23.2 Å². The molecule has 0 radical (unpaired) electrons. The van der Waals surface area contributed by atoms with Crippen LogP contribution in [-0.4, -0.2) is 45.1 Å². The molecule has 3 unspecified atom stereocenters. The summed E-state index contributed by atoms with van der Waals surface area (Å²) in [5, 5.41) is 16.9. The van der Waals surface area contributed by atoms with Crippen LogP contribution in [0.4, 0.5) is 14.5 Å². The van der Waals surface area contributed by atoms with Crippen LogP contribution in [-0.2, 0) is 16.1 Å². The molecule has 3 atom stereocenters. The number of halogens is 3. The molecule has 2 N–H and O–H groups in total. The molecule has 0 aromatic heterocycles. The number of fused-ring (bicyclic) bond motifs is 1. The molecule has 4 rings (SSSR count). The maximum Gasteiger partial charge on any atom is 0.252 e. The van der Waals surface area contributed by atoms with Crippen LogP contribution in [0.2, 0.25) is 5.02 Å². The van der Waals surface area contributed by atoms with E-state index in [-0.39, 0.29) is 23.1 Å². The summed E-state index contributed by atoms with van der Waals surface area (Å²) in [6, 6.07) is 8.40. The summed E-state index contributed by atoms with van der Waals surface area (Å²) in [6.45, 7) is 4.01. The molecular weight excluding hydrogens is 440 g/mol. The first-order valence-electron chi connectivity index (χ1n) is 10.4. The number of hydrazine groups is 1. The lowest BCUT2D eigenvalue weighted by atomic mass is 9.80. The molecule has 6 nitrogen and oxygen atoms in total. The first-order valence-corrected chi connectivity index (χ1v) is 10.8. The molecule has 2 aliphatic heterocycles. The van der Waals surface area contributed by atoms with Gasteiger partial charge in [0.2, 0.25) is 5.91 Å². The maximum atomic E-state index is 14.2. The van der Waals surface area contributed by atoms with Gasteiger partial charge in [-0.3, -0.25) is 14.6 Å². The third kappa shape index (κ3) is 3.76. The summed E-state index contributed by atoms with van der Waals surface area (Å²) in [7, 11) is 0. The number of hydrogen-bond acceptors (Lipinski definition) is 4. The Labute approximate surface area is 189 Å². The highest BCUT2D eigenvalue weighted by atomic mass is 35.5. The molecule has 0 saturated carbocycles. The lowest BCUT2D eigenvalue weighted by molar-refractivity contribution is -0.203. The van der Waals surface area contributed by atoms with Gasteiger partial charge >= 0.3 is 0 Å². The second kappa shape index (κ2) is 8.42. The molecule has 2 aromatic carbocycles. The number of anilines is 1. The summed E-state index contributed by atoms with van der Waals surface area (Å²) < 4.78 is 28.3. The SMILES string of the molecule is Cc1c(F)cccc1CN1C(=O)C(C(=O)Nc2ccc(Cl)cc2F)C(O)C2(C)CCCN12. The van der Waals surface area contributed by atoms with Crippen molar-refractivity contribution in [3.05, 3.63) is 64.2 Å². The van der Waals surface area contributed by atoms with E-state index < -0.39 is 35.2 Å². The van der Waals surface area contributed by atoms with Crippen molar-refractivity contribution in [1.82, 2.24) is 10.0 Å². The topological polar surface area (TPSA) is 72.9 Å². The molecule has 2 aliphatic rings. The molecule has 2 fully saturated rings. The Morgan fingerprint density at radius 1 is 1.28 bits per heavy atom. The van der Waals surface area contributed by atoms with Gasteiger partial charge in [-0.2, -0.15) is 0 Å². The minimum Gasteiger partial charge on any atom is -0.390 e. The highest BCUT2D eigenvalue weighted by molar-refractivity contribution is 6.30. The molecule has 2 heterocycles. The van der Waals surface area contributed by atoms with Gasteiger partial charge in [-0.25, -0.2) is 13.8 Å². The van der Waals surface area contributed by atoms with Crippen molar-refractivity contribution in [2.75, 3.05) is 11.9 Å². The van der Waals surface area contributed by atoms with Gasteiger partial charge in [0, 0.05) is 11.6 Å². The Morgan fingerprint density at radius 2 is 2.03 bits per heavy atom. The van der Waals surface area contributed by atoms with Crippen molar-refractivity contribution in [3.63, 3.8) is 0 Å². The van der Waals surface area contributed by atoms with Gasteiger partial charge in [0.15, 0.2) is 0 Å². The number of carbonyl (C=O) groups is 2. The number of hydrogen-bond donors (Lipinski definition) is 2. The number of carbonyl (C=O) groups excluding carboxylic acids is 2. The van der Waals surface area contributed by atoms with Gasteiger partial charge in [-0.05, 0) is 62.1 Å². The monoisotopic (exact) mass is 463 g/mol. The average Bonchev–Trinajstić information content (AvgIpc) is 3.14. The van der Waals surface area contributed by atoms with E-state index >= 15 is 0 Å². The van der Waals surface area contributed by atoms with Crippen LogP contribution in [0.5, 0.6) is 0 Å². The smallest absolute Gasteiger partial charge is 0.252 e. The van der Waals surface area contributed by atoms with Gasteiger partial charge < -0.3 is 10.4 Å². The van der Waals surface area contributed by atoms with E-state index in [4.69, 9.17) is 11.6 Å². The van der Waals surface area contributed by atoms with Crippen molar-refractivity contribution in [2.24, 2.45) is 5.92 Å². The number of rotatable bonds is 4. The van der Waals surface area contributed by atoms with Crippen molar-refractivity contribution in [2.45, 2.75) is 44.9 Å². The molecule has 0 bridgehead atoms. The largest absolute Gasteiger partial charge is 0.390 e. The summed E-state index contributed by atoms with van der Waals surface area (Å²) in [4.78, 5) is 26.5. The van der Waals surface area contributed by atoms with Gasteiger partial charge in [0.25, 0.3) is 5.91 Å². The molecular formula is C23H24ClF2N3O3. The molecule has 0 spiro atoms. The first-order chi connectivity index (χ1) is 15.1. The summed E-state index contributed by atoms with van der Waals surface area (Å²) in [6.07, 6.45) is -0.00331. The summed E-state index contributed by atoms with van der Waals surface area (Å²) in [5.74, 6) is -4.00. The van der Waals surface area contributed by atoms with Crippen LogP contribution in [0.1, 0.15) is 30.9 Å². The van der Waals surface area contributed by atoms with Crippen molar-refractivity contribution in [3.8, 4) is 0 Å². The summed E-state index contributed by atoms with van der Waals surface area (Å²) >= 11 is 5.76. The number of nitrogens with zero attached hydrogens (tertiary/aromatic N) is 2. The molecule has 32 heavy (non-hydrogen) atoms. The van der Waals surface area contributed by atoms with E-state index in [2.05, 4.69) is 5.32 Å². The van der Waals surface area contributed by atoms with Crippen LogP contribution in [0.15, 0.2) is 36.4 Å². The van der Waals surface area contributed by atoms with E-state index in [0.717, 1.165) is 12.5 Å². The standard InChI is InChI=1S/C23H24ClF2N3O3/c1-13-14(5-3-6-16(13)25)12-28-22(32)19(20(30)23(2)9-4-10-29(23)28)21(31)27-18-8-7-15(24)11-17(18)26/h3,5-8,11,19-20,30H,4,9-10,12H2,1-2H3,(H,27,31). The minimum absolute atomic E-state index is 0.0593. The zero-order chi connectivity index (χ0) is 23.2. The number of amides is 2. The third-order valence-corrected chi connectivity index (χ3v) is 6.81. The number of benzene rings is 2. The third-order valence-electron chi connectivity index (χ3n) is 6.58. The second-order valence-corrected chi connectivity index (χ2v) is 8.98. The van der Waals surface area contributed by atoms with E-state index in [1.54, 1.807) is 31.0 Å². The van der Waals surface area contributed by atoms with Gasteiger partial charge in [0.05, 0.1) is 23.9 Å². The van der Waals surface area contributed by atoms with Gasteiger partial charge in [-0.15, -0.1) is 0 Å². The minimum atomic E-state index is -1.45. The second-order valence-electron chi connectivity index (χ2n) is 8.54. The lowest BCUT2D eigenvalue weighted by Gasteiger charge is -2.52. The quantitative estimate of drug-likeness (QED) is 0.679.